The number of hydrogen-bond acceptors (Lipinski definition) is 3. The number of nitrogens with one attached hydrogen (secondary N) is 1. The van der Waals surface area contributed by atoms with Crippen molar-refractivity contribution in [3.8, 4) is 0 Å². The molecule has 1 amide bonds. The standard InChI is InChI=1S/C12H20F3N3O.ClH/c13-12(14,15)9-17-5-2-6-18(8-7-17)11(19)10-3-1-4-16-10;/h10,16H,1-9H2;1H/t10-;/m0./s1. The van der Waals surface area contributed by atoms with Gasteiger partial charge in [0.05, 0.1) is 12.6 Å². The summed E-state index contributed by atoms with van der Waals surface area (Å²) in [7, 11) is 0. The van der Waals surface area contributed by atoms with E-state index >= 15 is 0 Å². The largest absolute Gasteiger partial charge is 0.401 e. The highest BCUT2D eigenvalue weighted by molar-refractivity contribution is 5.85. The van der Waals surface area contributed by atoms with Gasteiger partial charge in [-0.3, -0.25) is 9.69 Å². The van der Waals surface area contributed by atoms with Gasteiger partial charge < -0.3 is 10.2 Å². The van der Waals surface area contributed by atoms with Gasteiger partial charge in [0.2, 0.25) is 5.91 Å². The first-order valence-electron chi connectivity index (χ1n) is 6.77. The number of rotatable bonds is 2. The van der Waals surface area contributed by atoms with Gasteiger partial charge in [0.25, 0.3) is 0 Å². The van der Waals surface area contributed by atoms with Crippen LogP contribution in [0, 0.1) is 0 Å². The van der Waals surface area contributed by atoms with Crippen LogP contribution in [0.15, 0.2) is 0 Å². The molecule has 2 heterocycles. The Morgan fingerprint density at radius 3 is 2.50 bits per heavy atom. The predicted octanol–water partition coefficient (Wildman–Crippen LogP) is 1.26. The fourth-order valence-electron chi connectivity index (χ4n) is 2.72. The molecule has 2 aliphatic rings. The molecule has 1 atom stereocenters. The molecule has 0 saturated carbocycles. The van der Waals surface area contributed by atoms with Gasteiger partial charge in [-0.05, 0) is 25.8 Å². The van der Waals surface area contributed by atoms with Crippen LogP contribution in [0.1, 0.15) is 19.3 Å². The fourth-order valence-corrected chi connectivity index (χ4v) is 2.72. The number of nitrogens with zero attached hydrogens (tertiary/aromatic N) is 2. The molecular formula is C12H21ClF3N3O. The zero-order valence-electron chi connectivity index (χ0n) is 11.3. The molecule has 2 aliphatic heterocycles. The van der Waals surface area contributed by atoms with Crippen molar-refractivity contribution in [1.29, 1.82) is 0 Å². The highest BCUT2D eigenvalue weighted by atomic mass is 35.5. The Balaban J connectivity index is 0.00000200. The van der Waals surface area contributed by atoms with Crippen molar-refractivity contribution in [3.63, 3.8) is 0 Å². The Hall–Kier alpha value is -0.530. The van der Waals surface area contributed by atoms with Crippen LogP contribution < -0.4 is 5.32 Å². The van der Waals surface area contributed by atoms with E-state index < -0.39 is 12.7 Å². The summed E-state index contributed by atoms with van der Waals surface area (Å²) in [6.45, 7) is 1.64. The maximum atomic E-state index is 12.3. The lowest BCUT2D eigenvalue weighted by molar-refractivity contribution is -0.145. The Morgan fingerprint density at radius 1 is 1.15 bits per heavy atom. The lowest BCUT2D eigenvalue weighted by Gasteiger charge is -2.25. The number of carbonyl (C=O) groups is 1. The summed E-state index contributed by atoms with van der Waals surface area (Å²) < 4.78 is 37.0. The summed E-state index contributed by atoms with van der Waals surface area (Å²) in [6.07, 6.45) is -1.73. The van der Waals surface area contributed by atoms with Gasteiger partial charge in [0, 0.05) is 26.2 Å². The van der Waals surface area contributed by atoms with Crippen molar-refractivity contribution in [2.45, 2.75) is 31.5 Å². The second-order valence-electron chi connectivity index (χ2n) is 5.22. The second-order valence-corrected chi connectivity index (χ2v) is 5.22. The van der Waals surface area contributed by atoms with Crippen LogP contribution in [0.4, 0.5) is 13.2 Å². The minimum atomic E-state index is -4.16. The van der Waals surface area contributed by atoms with Gasteiger partial charge in [-0.15, -0.1) is 12.4 Å². The fraction of sp³-hybridized carbons (Fsp3) is 0.917. The first kappa shape index (κ1) is 17.5. The lowest BCUT2D eigenvalue weighted by atomic mass is 10.2. The molecule has 0 bridgehead atoms. The summed E-state index contributed by atoms with van der Waals surface area (Å²) in [6, 6.07) is -0.130. The number of hydrogen-bond donors (Lipinski definition) is 1. The molecule has 2 saturated heterocycles. The highest BCUT2D eigenvalue weighted by Gasteiger charge is 2.33. The van der Waals surface area contributed by atoms with E-state index in [9.17, 15) is 18.0 Å². The maximum Gasteiger partial charge on any atom is 0.401 e. The van der Waals surface area contributed by atoms with Crippen molar-refractivity contribution in [2.24, 2.45) is 0 Å². The first-order valence-corrected chi connectivity index (χ1v) is 6.77. The van der Waals surface area contributed by atoms with Crippen molar-refractivity contribution in [1.82, 2.24) is 15.1 Å². The van der Waals surface area contributed by atoms with E-state index in [1.807, 2.05) is 0 Å². The summed E-state index contributed by atoms with van der Waals surface area (Å²) in [4.78, 5) is 15.3. The molecule has 0 spiro atoms. The highest BCUT2D eigenvalue weighted by Crippen LogP contribution is 2.18. The topological polar surface area (TPSA) is 35.6 Å². The molecule has 0 unspecified atom stereocenters. The summed E-state index contributed by atoms with van der Waals surface area (Å²) >= 11 is 0. The van der Waals surface area contributed by atoms with Gasteiger partial charge in [-0.1, -0.05) is 0 Å². The number of halogens is 4. The molecule has 4 nitrogen and oxygen atoms in total. The third-order valence-electron chi connectivity index (χ3n) is 3.66. The van der Waals surface area contributed by atoms with E-state index in [1.165, 1.54) is 4.90 Å². The van der Waals surface area contributed by atoms with E-state index in [0.717, 1.165) is 19.4 Å². The molecule has 1 N–H and O–H groups in total. The predicted molar refractivity (Wildman–Crippen MR) is 72.0 cm³/mol. The third-order valence-corrected chi connectivity index (χ3v) is 3.66. The monoisotopic (exact) mass is 315 g/mol. The smallest absolute Gasteiger partial charge is 0.340 e. The van der Waals surface area contributed by atoms with Crippen LogP contribution in [0.3, 0.4) is 0 Å². The Kier molecular flexibility index (Phi) is 6.54. The molecule has 2 rings (SSSR count). The Morgan fingerprint density at radius 2 is 1.90 bits per heavy atom. The molecule has 0 aromatic rings. The van der Waals surface area contributed by atoms with Crippen LogP contribution in [0.5, 0.6) is 0 Å². The first-order chi connectivity index (χ1) is 8.96. The minimum absolute atomic E-state index is 0. The summed E-state index contributed by atoms with van der Waals surface area (Å²) in [5.74, 6) is 0.0476. The summed E-state index contributed by atoms with van der Waals surface area (Å²) in [5, 5.41) is 3.14. The Labute approximate surface area is 123 Å². The molecule has 0 aromatic carbocycles. The normalized spacial score (nSPS) is 25.1. The van der Waals surface area contributed by atoms with Gasteiger partial charge in [0.15, 0.2) is 0 Å². The van der Waals surface area contributed by atoms with E-state index in [0.29, 0.717) is 32.6 Å². The van der Waals surface area contributed by atoms with E-state index in [4.69, 9.17) is 0 Å². The van der Waals surface area contributed by atoms with Crippen molar-refractivity contribution < 1.29 is 18.0 Å². The van der Waals surface area contributed by atoms with Crippen molar-refractivity contribution in [3.05, 3.63) is 0 Å². The number of amides is 1. The number of carbonyl (C=O) groups excluding carboxylic acids is 1. The molecular weight excluding hydrogens is 295 g/mol. The molecule has 8 heteroatoms. The SMILES string of the molecule is Cl.O=C([C@@H]1CCCN1)N1CCCN(CC(F)(F)F)CC1. The third kappa shape index (κ3) is 5.10. The van der Waals surface area contributed by atoms with Gasteiger partial charge in [-0.25, -0.2) is 0 Å². The van der Waals surface area contributed by atoms with Crippen LogP contribution in [-0.2, 0) is 4.79 Å². The van der Waals surface area contributed by atoms with Gasteiger partial charge in [0.1, 0.15) is 0 Å². The molecule has 0 aromatic heterocycles. The van der Waals surface area contributed by atoms with E-state index in [2.05, 4.69) is 5.32 Å². The van der Waals surface area contributed by atoms with E-state index in [-0.39, 0.29) is 24.4 Å². The molecule has 118 valence electrons. The number of alkyl halides is 3. The van der Waals surface area contributed by atoms with Gasteiger partial charge in [-0.2, -0.15) is 13.2 Å². The van der Waals surface area contributed by atoms with E-state index in [1.54, 1.807) is 4.90 Å². The lowest BCUT2D eigenvalue weighted by Crippen LogP contribution is -2.45. The molecule has 2 fully saturated rings. The molecule has 0 aliphatic carbocycles. The molecule has 20 heavy (non-hydrogen) atoms. The van der Waals surface area contributed by atoms with Crippen LogP contribution >= 0.6 is 12.4 Å². The zero-order valence-corrected chi connectivity index (χ0v) is 12.1. The minimum Gasteiger partial charge on any atom is -0.340 e. The molecule has 0 radical (unpaired) electrons. The maximum absolute atomic E-state index is 12.3. The summed E-state index contributed by atoms with van der Waals surface area (Å²) in [5.41, 5.74) is 0. The average Bonchev–Trinajstić information content (AvgIpc) is 2.75. The average molecular weight is 316 g/mol. The quantitative estimate of drug-likeness (QED) is 0.833. The second kappa shape index (κ2) is 7.47. The van der Waals surface area contributed by atoms with Crippen LogP contribution in [0.2, 0.25) is 0 Å². The van der Waals surface area contributed by atoms with Crippen LogP contribution in [0.25, 0.3) is 0 Å². The van der Waals surface area contributed by atoms with Crippen LogP contribution in [-0.4, -0.2) is 67.2 Å². The van der Waals surface area contributed by atoms with Gasteiger partial charge >= 0.3 is 6.18 Å². The zero-order chi connectivity index (χ0) is 13.9. The van der Waals surface area contributed by atoms with Crippen molar-refractivity contribution in [2.75, 3.05) is 39.3 Å². The Bertz CT molecular complexity index is 322. The van der Waals surface area contributed by atoms with Crippen molar-refractivity contribution >= 4 is 18.3 Å².